The second-order valence-electron chi connectivity index (χ2n) is 5.58. The predicted octanol–water partition coefficient (Wildman–Crippen LogP) is 3.21. The van der Waals surface area contributed by atoms with Crippen molar-refractivity contribution in [1.82, 2.24) is 10.3 Å². The quantitative estimate of drug-likeness (QED) is 0.909. The highest BCUT2D eigenvalue weighted by Crippen LogP contribution is 2.32. The zero-order chi connectivity index (χ0) is 14.9. The number of pyridine rings is 1. The number of carbonyl (C=O) groups excluding carboxylic acids is 1. The topological polar surface area (TPSA) is 68.0 Å². The number of carbonyl (C=O) groups is 1. The van der Waals surface area contributed by atoms with Crippen LogP contribution in [0.15, 0.2) is 12.1 Å². The molecule has 0 fully saturated rings. The van der Waals surface area contributed by atoms with Crippen molar-refractivity contribution in [3.63, 3.8) is 0 Å². The highest BCUT2D eigenvalue weighted by Gasteiger charge is 2.18. The van der Waals surface area contributed by atoms with E-state index in [4.69, 9.17) is 5.73 Å². The fourth-order valence-corrected chi connectivity index (χ4v) is 2.88. The zero-order valence-electron chi connectivity index (χ0n) is 12.4. The van der Waals surface area contributed by atoms with Crippen LogP contribution in [0.5, 0.6) is 0 Å². The Kier molecular flexibility index (Phi) is 4.28. The molecule has 4 nitrogen and oxygen atoms in total. The molecule has 0 aromatic carbocycles. The molecule has 2 heterocycles. The molecule has 0 saturated carbocycles. The molecule has 0 bridgehead atoms. The first-order valence-corrected chi connectivity index (χ1v) is 7.65. The molecule has 0 radical (unpaired) electrons. The van der Waals surface area contributed by atoms with Gasteiger partial charge in [-0.05, 0) is 30.9 Å². The third-order valence-corrected chi connectivity index (χ3v) is 4.78. The van der Waals surface area contributed by atoms with E-state index >= 15 is 0 Å². The van der Waals surface area contributed by atoms with Crippen molar-refractivity contribution in [2.24, 2.45) is 11.8 Å². The molecule has 2 aromatic rings. The molecule has 108 valence electrons. The minimum Gasteiger partial charge on any atom is -0.397 e. The number of thiophene rings is 1. The van der Waals surface area contributed by atoms with Crippen molar-refractivity contribution in [3.05, 3.63) is 22.7 Å². The summed E-state index contributed by atoms with van der Waals surface area (Å²) in [4.78, 5) is 18.0. The van der Waals surface area contributed by atoms with Crippen LogP contribution in [0.25, 0.3) is 10.2 Å². The van der Waals surface area contributed by atoms with E-state index in [1.54, 1.807) is 0 Å². The van der Waals surface area contributed by atoms with Gasteiger partial charge in [0.25, 0.3) is 5.91 Å². The minimum atomic E-state index is -0.101. The summed E-state index contributed by atoms with van der Waals surface area (Å²) in [5, 5.41) is 3.82. The number of nitrogens with zero attached hydrogens (tertiary/aromatic N) is 1. The van der Waals surface area contributed by atoms with E-state index in [1.807, 2.05) is 19.1 Å². The van der Waals surface area contributed by atoms with E-state index in [0.717, 1.165) is 15.9 Å². The average molecular weight is 291 g/mol. The van der Waals surface area contributed by atoms with E-state index in [2.05, 4.69) is 31.1 Å². The normalized spacial score (nSPS) is 12.8. The molecular weight excluding hydrogens is 270 g/mol. The number of rotatable bonds is 4. The minimum absolute atomic E-state index is 0.101. The van der Waals surface area contributed by atoms with Gasteiger partial charge in [0.05, 0.1) is 5.69 Å². The highest BCUT2D eigenvalue weighted by molar-refractivity contribution is 7.21. The summed E-state index contributed by atoms with van der Waals surface area (Å²) >= 11 is 1.36. The number of fused-ring (bicyclic) bond motifs is 1. The summed E-state index contributed by atoms with van der Waals surface area (Å²) in [5.74, 6) is 0.880. The maximum absolute atomic E-state index is 12.2. The molecule has 0 aliphatic heterocycles. The predicted molar refractivity (Wildman–Crippen MR) is 85.1 cm³/mol. The summed E-state index contributed by atoms with van der Waals surface area (Å²) in [6.45, 7) is 9.02. The molecule has 1 amide bonds. The van der Waals surface area contributed by atoms with Crippen LogP contribution in [0.1, 0.15) is 36.1 Å². The molecule has 0 aliphatic carbocycles. The molecule has 2 rings (SSSR count). The van der Waals surface area contributed by atoms with Crippen LogP contribution in [0.2, 0.25) is 0 Å². The zero-order valence-corrected chi connectivity index (χ0v) is 13.2. The summed E-state index contributed by atoms with van der Waals surface area (Å²) < 4.78 is 0. The van der Waals surface area contributed by atoms with Crippen molar-refractivity contribution in [1.29, 1.82) is 0 Å². The van der Waals surface area contributed by atoms with Gasteiger partial charge in [0.2, 0.25) is 0 Å². The molecule has 1 atom stereocenters. The summed E-state index contributed by atoms with van der Waals surface area (Å²) in [5.41, 5.74) is 7.53. The van der Waals surface area contributed by atoms with E-state index < -0.39 is 0 Å². The Balaban J connectivity index is 2.20. The van der Waals surface area contributed by atoms with Crippen molar-refractivity contribution in [3.8, 4) is 0 Å². The Morgan fingerprint density at radius 3 is 2.75 bits per heavy atom. The molecule has 3 N–H and O–H groups in total. The van der Waals surface area contributed by atoms with Gasteiger partial charge >= 0.3 is 0 Å². The maximum Gasteiger partial charge on any atom is 0.263 e. The van der Waals surface area contributed by atoms with Crippen molar-refractivity contribution in [2.45, 2.75) is 27.7 Å². The lowest BCUT2D eigenvalue weighted by molar-refractivity contribution is 0.0950. The van der Waals surface area contributed by atoms with Crippen LogP contribution in [0.3, 0.4) is 0 Å². The number of nitrogens with two attached hydrogens (primary N) is 1. The molecule has 20 heavy (non-hydrogen) atoms. The van der Waals surface area contributed by atoms with Gasteiger partial charge in [-0.25, -0.2) is 4.98 Å². The number of nitrogen functional groups attached to an aromatic ring is 1. The van der Waals surface area contributed by atoms with Gasteiger partial charge in [-0.15, -0.1) is 11.3 Å². The van der Waals surface area contributed by atoms with E-state index in [9.17, 15) is 4.79 Å². The fraction of sp³-hybridized carbons (Fsp3) is 0.467. The Morgan fingerprint density at radius 2 is 2.10 bits per heavy atom. The van der Waals surface area contributed by atoms with Gasteiger partial charge in [0, 0.05) is 17.6 Å². The Bertz CT molecular complexity index is 633. The number of anilines is 1. The van der Waals surface area contributed by atoms with Gasteiger partial charge in [0.1, 0.15) is 9.71 Å². The number of aryl methyl sites for hydroxylation is 1. The monoisotopic (exact) mass is 291 g/mol. The van der Waals surface area contributed by atoms with Crippen LogP contribution >= 0.6 is 11.3 Å². The summed E-state index contributed by atoms with van der Waals surface area (Å²) in [6, 6.07) is 3.84. The molecule has 0 spiro atoms. The van der Waals surface area contributed by atoms with E-state index in [1.165, 1.54) is 11.3 Å². The van der Waals surface area contributed by atoms with Crippen molar-refractivity contribution >= 4 is 33.1 Å². The summed E-state index contributed by atoms with van der Waals surface area (Å²) in [6.07, 6.45) is 0. The van der Waals surface area contributed by atoms with Gasteiger partial charge in [0.15, 0.2) is 0 Å². The second-order valence-corrected chi connectivity index (χ2v) is 6.58. The first-order chi connectivity index (χ1) is 9.40. The van der Waals surface area contributed by atoms with Crippen LogP contribution in [-0.4, -0.2) is 17.4 Å². The Labute approximate surface area is 123 Å². The molecule has 0 aliphatic rings. The third kappa shape index (κ3) is 2.93. The SMILES string of the molecule is Cc1ccc2c(N)c(C(=O)NCC(C)C(C)C)sc2n1. The summed E-state index contributed by atoms with van der Waals surface area (Å²) in [7, 11) is 0. The highest BCUT2D eigenvalue weighted by atomic mass is 32.1. The first kappa shape index (κ1) is 14.8. The van der Waals surface area contributed by atoms with Crippen LogP contribution in [-0.2, 0) is 0 Å². The van der Waals surface area contributed by atoms with Crippen molar-refractivity contribution in [2.75, 3.05) is 12.3 Å². The lowest BCUT2D eigenvalue weighted by Gasteiger charge is -2.15. The number of nitrogens with one attached hydrogen (secondary N) is 1. The smallest absolute Gasteiger partial charge is 0.263 e. The fourth-order valence-electron chi connectivity index (χ4n) is 1.83. The van der Waals surface area contributed by atoms with Crippen LogP contribution < -0.4 is 11.1 Å². The second kappa shape index (κ2) is 5.79. The lowest BCUT2D eigenvalue weighted by Crippen LogP contribution is -2.30. The molecule has 1 unspecified atom stereocenters. The molecular formula is C15H21N3OS. The van der Waals surface area contributed by atoms with E-state index in [-0.39, 0.29) is 5.91 Å². The number of hydrogen-bond acceptors (Lipinski definition) is 4. The number of amides is 1. The first-order valence-electron chi connectivity index (χ1n) is 6.84. The van der Waals surface area contributed by atoms with Gasteiger partial charge < -0.3 is 11.1 Å². The number of hydrogen-bond donors (Lipinski definition) is 2. The maximum atomic E-state index is 12.2. The molecule has 2 aromatic heterocycles. The van der Waals surface area contributed by atoms with Gasteiger partial charge in [-0.2, -0.15) is 0 Å². The standard InChI is InChI=1S/C15H21N3OS/c1-8(2)9(3)7-17-14(19)13-12(16)11-6-5-10(4)18-15(11)20-13/h5-6,8-9H,7,16H2,1-4H3,(H,17,19). The van der Waals surface area contributed by atoms with Gasteiger partial charge in [-0.1, -0.05) is 20.8 Å². The van der Waals surface area contributed by atoms with Gasteiger partial charge in [-0.3, -0.25) is 4.79 Å². The average Bonchev–Trinajstić information content (AvgIpc) is 2.72. The number of aromatic nitrogens is 1. The molecule has 0 saturated heterocycles. The Morgan fingerprint density at radius 1 is 1.40 bits per heavy atom. The largest absolute Gasteiger partial charge is 0.397 e. The molecule has 5 heteroatoms. The lowest BCUT2D eigenvalue weighted by atomic mass is 9.98. The van der Waals surface area contributed by atoms with Crippen LogP contribution in [0.4, 0.5) is 5.69 Å². The third-order valence-electron chi connectivity index (χ3n) is 3.66. The Hall–Kier alpha value is -1.62. The van der Waals surface area contributed by atoms with Crippen molar-refractivity contribution < 1.29 is 4.79 Å². The van der Waals surface area contributed by atoms with Crippen LogP contribution in [0, 0.1) is 18.8 Å². The van der Waals surface area contributed by atoms with E-state index in [0.29, 0.717) is 28.9 Å².